The summed E-state index contributed by atoms with van der Waals surface area (Å²) in [4.78, 5) is 19.6. The first-order valence-corrected chi connectivity index (χ1v) is 6.48. The van der Waals surface area contributed by atoms with E-state index in [2.05, 4.69) is 20.0 Å². The van der Waals surface area contributed by atoms with Gasteiger partial charge in [-0.2, -0.15) is 11.8 Å². The molecule has 1 aromatic rings. The third-order valence-corrected chi connectivity index (χ3v) is 3.02. The van der Waals surface area contributed by atoms with Crippen molar-refractivity contribution in [3.63, 3.8) is 0 Å². The number of ether oxygens (including phenoxy) is 1. The van der Waals surface area contributed by atoms with E-state index in [0.29, 0.717) is 12.2 Å². The second kappa shape index (κ2) is 7.11. The number of carbonyl (C=O) groups is 1. The maximum absolute atomic E-state index is 10.9. The molecule has 0 spiro atoms. The maximum atomic E-state index is 10.9. The van der Waals surface area contributed by atoms with E-state index >= 15 is 0 Å². The minimum atomic E-state index is -0.182. The number of aryl methyl sites for hydroxylation is 1. The summed E-state index contributed by atoms with van der Waals surface area (Å²) in [6.07, 6.45) is 0.422. The van der Waals surface area contributed by atoms with Gasteiger partial charge in [0.25, 0.3) is 0 Å². The minimum absolute atomic E-state index is 0.182. The average Bonchev–Trinajstić information content (AvgIpc) is 2.33. The van der Waals surface area contributed by atoms with Crippen LogP contribution in [0.1, 0.15) is 17.9 Å². The van der Waals surface area contributed by atoms with Gasteiger partial charge in [0.1, 0.15) is 11.6 Å². The fourth-order valence-electron chi connectivity index (χ4n) is 1.24. The molecule has 0 radical (unpaired) electrons. The van der Waals surface area contributed by atoms with Crippen molar-refractivity contribution in [2.45, 2.75) is 19.1 Å². The highest BCUT2D eigenvalue weighted by Gasteiger charge is 2.03. The van der Waals surface area contributed by atoms with E-state index < -0.39 is 0 Å². The molecule has 0 fully saturated rings. The molecule has 1 aromatic heterocycles. The van der Waals surface area contributed by atoms with Crippen LogP contribution in [0.25, 0.3) is 0 Å². The number of rotatable bonds is 6. The predicted molar refractivity (Wildman–Crippen MR) is 69.1 cm³/mol. The lowest BCUT2D eigenvalue weighted by Crippen LogP contribution is -2.03. The highest BCUT2D eigenvalue weighted by atomic mass is 32.2. The Morgan fingerprint density at radius 1 is 1.53 bits per heavy atom. The Kier molecular flexibility index (Phi) is 5.76. The van der Waals surface area contributed by atoms with E-state index in [1.54, 1.807) is 11.8 Å². The quantitative estimate of drug-likeness (QED) is 0.615. The lowest BCUT2D eigenvalue weighted by atomic mass is 10.4. The molecule has 6 heteroatoms. The minimum Gasteiger partial charge on any atom is -0.469 e. The zero-order valence-electron chi connectivity index (χ0n) is 10.3. The smallest absolute Gasteiger partial charge is 0.306 e. The van der Waals surface area contributed by atoms with E-state index in [4.69, 9.17) is 0 Å². The van der Waals surface area contributed by atoms with E-state index in [1.807, 2.05) is 20.0 Å². The van der Waals surface area contributed by atoms with Gasteiger partial charge in [-0.3, -0.25) is 4.79 Å². The second-order valence-electron chi connectivity index (χ2n) is 3.44. The van der Waals surface area contributed by atoms with Crippen LogP contribution in [0, 0.1) is 6.92 Å². The van der Waals surface area contributed by atoms with Gasteiger partial charge >= 0.3 is 5.97 Å². The number of carbonyl (C=O) groups excluding carboxylic acids is 1. The molecule has 0 saturated heterocycles. The van der Waals surface area contributed by atoms with Gasteiger partial charge in [0.2, 0.25) is 0 Å². The Morgan fingerprint density at radius 3 is 2.94 bits per heavy atom. The number of thioether (sulfide) groups is 1. The number of methoxy groups -OCH3 is 1. The first-order valence-electron chi connectivity index (χ1n) is 5.32. The van der Waals surface area contributed by atoms with Gasteiger partial charge in [0.05, 0.1) is 19.3 Å². The largest absolute Gasteiger partial charge is 0.469 e. The van der Waals surface area contributed by atoms with Crippen molar-refractivity contribution in [2.24, 2.45) is 0 Å². The first-order chi connectivity index (χ1) is 8.15. The molecule has 1 rings (SSSR count). The van der Waals surface area contributed by atoms with Gasteiger partial charge in [-0.05, 0) is 6.92 Å². The molecule has 0 unspecified atom stereocenters. The maximum Gasteiger partial charge on any atom is 0.306 e. The van der Waals surface area contributed by atoms with Crippen LogP contribution in [0.5, 0.6) is 0 Å². The topological polar surface area (TPSA) is 64.1 Å². The standard InChI is InChI=1S/C11H17N3O2S/c1-8-6-9(12-2)14-10(13-8)7-17-5-4-11(15)16-3/h6H,4-5,7H2,1-3H3,(H,12,13,14). The van der Waals surface area contributed by atoms with E-state index in [-0.39, 0.29) is 5.97 Å². The van der Waals surface area contributed by atoms with Gasteiger partial charge in [-0.25, -0.2) is 9.97 Å². The van der Waals surface area contributed by atoms with Crippen LogP contribution in [-0.2, 0) is 15.3 Å². The number of anilines is 1. The molecule has 0 amide bonds. The highest BCUT2D eigenvalue weighted by molar-refractivity contribution is 7.98. The van der Waals surface area contributed by atoms with Crippen molar-refractivity contribution in [3.8, 4) is 0 Å². The SMILES string of the molecule is CNc1cc(C)nc(CSCCC(=O)OC)n1. The molecule has 1 N–H and O–H groups in total. The normalized spacial score (nSPS) is 10.1. The summed E-state index contributed by atoms with van der Waals surface area (Å²) in [5, 5.41) is 2.99. The number of hydrogen-bond acceptors (Lipinski definition) is 6. The Morgan fingerprint density at radius 2 is 2.29 bits per heavy atom. The summed E-state index contributed by atoms with van der Waals surface area (Å²) >= 11 is 1.62. The Bertz CT molecular complexity index is 385. The van der Waals surface area contributed by atoms with Crippen LogP contribution in [0.2, 0.25) is 0 Å². The van der Waals surface area contributed by atoms with Crippen molar-refractivity contribution < 1.29 is 9.53 Å². The Hall–Kier alpha value is -1.30. The first kappa shape index (κ1) is 13.8. The van der Waals surface area contributed by atoms with Crippen LogP contribution in [0.15, 0.2) is 6.07 Å². The second-order valence-corrected chi connectivity index (χ2v) is 4.54. The summed E-state index contributed by atoms with van der Waals surface area (Å²) in [5.41, 5.74) is 0.938. The summed E-state index contributed by atoms with van der Waals surface area (Å²) in [5.74, 6) is 2.84. The summed E-state index contributed by atoms with van der Waals surface area (Å²) in [6.45, 7) is 1.94. The average molecular weight is 255 g/mol. The van der Waals surface area contributed by atoms with Crippen molar-refractivity contribution in [1.29, 1.82) is 0 Å². The third-order valence-electron chi connectivity index (χ3n) is 2.07. The summed E-state index contributed by atoms with van der Waals surface area (Å²) < 4.78 is 4.56. The van der Waals surface area contributed by atoms with Crippen LogP contribution >= 0.6 is 11.8 Å². The van der Waals surface area contributed by atoms with Crippen molar-refractivity contribution in [1.82, 2.24) is 9.97 Å². The van der Waals surface area contributed by atoms with Gasteiger partial charge in [0.15, 0.2) is 0 Å². The van der Waals surface area contributed by atoms with Crippen LogP contribution in [0.3, 0.4) is 0 Å². The van der Waals surface area contributed by atoms with Crippen molar-refractivity contribution in [2.75, 3.05) is 25.2 Å². The molecule has 17 heavy (non-hydrogen) atoms. The zero-order chi connectivity index (χ0) is 12.7. The molecule has 0 atom stereocenters. The highest BCUT2D eigenvalue weighted by Crippen LogP contribution is 2.13. The van der Waals surface area contributed by atoms with Crippen molar-refractivity contribution in [3.05, 3.63) is 17.6 Å². The molecular formula is C11H17N3O2S. The molecular weight excluding hydrogens is 238 g/mol. The molecule has 94 valence electrons. The number of esters is 1. The lowest BCUT2D eigenvalue weighted by Gasteiger charge is -2.05. The van der Waals surface area contributed by atoms with E-state index in [9.17, 15) is 4.79 Å². The fraction of sp³-hybridized carbons (Fsp3) is 0.545. The zero-order valence-corrected chi connectivity index (χ0v) is 11.1. The number of hydrogen-bond donors (Lipinski definition) is 1. The molecule has 0 aliphatic carbocycles. The van der Waals surface area contributed by atoms with E-state index in [0.717, 1.165) is 23.1 Å². The van der Waals surface area contributed by atoms with Gasteiger partial charge in [-0.15, -0.1) is 0 Å². The van der Waals surface area contributed by atoms with Crippen LogP contribution < -0.4 is 5.32 Å². The van der Waals surface area contributed by atoms with Crippen LogP contribution in [0.4, 0.5) is 5.82 Å². The van der Waals surface area contributed by atoms with Crippen LogP contribution in [-0.4, -0.2) is 35.8 Å². The van der Waals surface area contributed by atoms with Crippen molar-refractivity contribution >= 4 is 23.5 Å². The van der Waals surface area contributed by atoms with Gasteiger partial charge in [0, 0.05) is 24.6 Å². The van der Waals surface area contributed by atoms with Gasteiger partial charge < -0.3 is 10.1 Å². The molecule has 5 nitrogen and oxygen atoms in total. The molecule has 0 aliphatic rings. The molecule has 1 heterocycles. The van der Waals surface area contributed by atoms with Gasteiger partial charge in [-0.1, -0.05) is 0 Å². The van der Waals surface area contributed by atoms with E-state index in [1.165, 1.54) is 7.11 Å². The third kappa shape index (κ3) is 5.04. The predicted octanol–water partition coefficient (Wildman–Crippen LogP) is 1.62. The monoisotopic (exact) mass is 255 g/mol. The molecule has 0 aromatic carbocycles. The number of aromatic nitrogens is 2. The lowest BCUT2D eigenvalue weighted by molar-refractivity contribution is -0.140. The summed E-state index contributed by atoms with van der Waals surface area (Å²) in [6, 6.07) is 1.89. The Labute approximate surface area is 105 Å². The molecule has 0 bridgehead atoms. The molecule has 0 aliphatic heterocycles. The number of nitrogens with one attached hydrogen (secondary N) is 1. The Balaban J connectivity index is 2.41. The fourth-order valence-corrected chi connectivity index (χ4v) is 2.01. The number of nitrogens with zero attached hydrogens (tertiary/aromatic N) is 2. The molecule has 0 saturated carbocycles. The summed E-state index contributed by atoms with van der Waals surface area (Å²) in [7, 11) is 3.23.